The van der Waals surface area contributed by atoms with Gasteiger partial charge in [-0.15, -0.1) is 0 Å². The number of nitrogens with one attached hydrogen (secondary N) is 1. The van der Waals surface area contributed by atoms with Crippen LogP contribution in [0.3, 0.4) is 0 Å². The van der Waals surface area contributed by atoms with Gasteiger partial charge in [0.15, 0.2) is 0 Å². The number of hydrogen-bond acceptors (Lipinski definition) is 3. The molecule has 0 spiro atoms. The molecule has 2 aromatic rings. The lowest BCUT2D eigenvalue weighted by Crippen LogP contribution is -2.43. The molecule has 1 aliphatic rings. The van der Waals surface area contributed by atoms with Gasteiger partial charge in [0.2, 0.25) is 0 Å². The summed E-state index contributed by atoms with van der Waals surface area (Å²) in [5, 5.41) is 17.0. The van der Waals surface area contributed by atoms with E-state index in [-0.39, 0.29) is 12.0 Å². The molecule has 2 heterocycles. The molecule has 1 aromatic carbocycles. The average molecular weight is 299 g/mol. The van der Waals surface area contributed by atoms with E-state index < -0.39 is 0 Å². The van der Waals surface area contributed by atoms with Crippen LogP contribution in [0.4, 0.5) is 0 Å². The van der Waals surface area contributed by atoms with Gasteiger partial charge in [-0.2, -0.15) is 5.10 Å². The van der Waals surface area contributed by atoms with Crippen molar-refractivity contribution in [2.24, 2.45) is 5.41 Å². The molecular weight excluding hydrogens is 274 g/mol. The molecular formula is C18H25N3O. The Balaban J connectivity index is 1.78. The Labute approximate surface area is 132 Å². The third-order valence-electron chi connectivity index (χ3n) is 4.66. The summed E-state index contributed by atoms with van der Waals surface area (Å²) in [6.45, 7) is 7.47. The smallest absolute Gasteiger partial charge is 0.0695 e. The molecule has 4 nitrogen and oxygen atoms in total. The van der Waals surface area contributed by atoms with Crippen molar-refractivity contribution in [2.45, 2.75) is 33.2 Å². The summed E-state index contributed by atoms with van der Waals surface area (Å²) in [5.74, 6) is 0. The van der Waals surface area contributed by atoms with Crippen LogP contribution in [-0.4, -0.2) is 39.9 Å². The van der Waals surface area contributed by atoms with Gasteiger partial charge < -0.3 is 5.11 Å². The summed E-state index contributed by atoms with van der Waals surface area (Å²) in [5.41, 5.74) is 4.82. The van der Waals surface area contributed by atoms with Crippen molar-refractivity contribution in [3.8, 4) is 11.3 Å². The van der Waals surface area contributed by atoms with Crippen LogP contribution < -0.4 is 0 Å². The maximum Gasteiger partial charge on any atom is 0.0695 e. The lowest BCUT2D eigenvalue weighted by molar-refractivity contribution is 0.0430. The minimum Gasteiger partial charge on any atom is -0.396 e. The van der Waals surface area contributed by atoms with Crippen molar-refractivity contribution in [2.75, 3.05) is 19.7 Å². The number of likely N-dealkylation sites (tertiary alicyclic amines) is 1. The van der Waals surface area contributed by atoms with Crippen molar-refractivity contribution < 1.29 is 5.11 Å². The fourth-order valence-corrected chi connectivity index (χ4v) is 3.41. The van der Waals surface area contributed by atoms with Crippen molar-refractivity contribution in [1.82, 2.24) is 15.1 Å². The van der Waals surface area contributed by atoms with Gasteiger partial charge >= 0.3 is 0 Å². The van der Waals surface area contributed by atoms with Gasteiger partial charge in [-0.05, 0) is 32.4 Å². The number of aliphatic hydroxyl groups excluding tert-OH is 1. The maximum absolute atomic E-state index is 9.61. The van der Waals surface area contributed by atoms with E-state index in [1.165, 1.54) is 16.7 Å². The van der Waals surface area contributed by atoms with Crippen LogP contribution in [0.15, 0.2) is 30.5 Å². The molecule has 1 atom stereocenters. The summed E-state index contributed by atoms with van der Waals surface area (Å²) < 4.78 is 0. The van der Waals surface area contributed by atoms with Crippen LogP contribution in [0, 0.1) is 12.3 Å². The van der Waals surface area contributed by atoms with Crippen molar-refractivity contribution >= 4 is 0 Å². The van der Waals surface area contributed by atoms with Gasteiger partial charge in [0.25, 0.3) is 0 Å². The monoisotopic (exact) mass is 299 g/mol. The van der Waals surface area contributed by atoms with Crippen LogP contribution in [0.2, 0.25) is 0 Å². The molecule has 0 saturated carbocycles. The summed E-state index contributed by atoms with van der Waals surface area (Å²) in [6.07, 6.45) is 4.19. The lowest BCUT2D eigenvalue weighted by atomic mass is 9.82. The number of rotatable bonds is 4. The third-order valence-corrected chi connectivity index (χ3v) is 4.66. The number of nitrogens with zero attached hydrogens (tertiary/aromatic N) is 2. The standard InChI is InChI=1S/C18H25N3O/c1-14-5-3-6-15(9-14)17-16(10-19-20-17)11-21-8-4-7-18(2,12-21)13-22/h3,5-6,9-10,22H,4,7-8,11-13H2,1-2H3,(H,19,20). The van der Waals surface area contributed by atoms with Gasteiger partial charge in [-0.3, -0.25) is 10.00 Å². The van der Waals surface area contributed by atoms with Gasteiger partial charge in [0.1, 0.15) is 0 Å². The van der Waals surface area contributed by atoms with Gasteiger partial charge in [-0.1, -0.05) is 30.7 Å². The SMILES string of the molecule is Cc1cccc(-c2[nH]ncc2CN2CCCC(C)(CO)C2)c1. The van der Waals surface area contributed by atoms with Crippen LogP contribution in [0.1, 0.15) is 30.9 Å². The Morgan fingerprint density at radius 1 is 1.41 bits per heavy atom. The van der Waals surface area contributed by atoms with Crippen LogP contribution >= 0.6 is 0 Å². The predicted molar refractivity (Wildman–Crippen MR) is 88.5 cm³/mol. The van der Waals surface area contributed by atoms with E-state index in [9.17, 15) is 5.11 Å². The topological polar surface area (TPSA) is 52.2 Å². The highest BCUT2D eigenvalue weighted by molar-refractivity contribution is 5.63. The van der Waals surface area contributed by atoms with Gasteiger partial charge in [0, 0.05) is 36.2 Å². The van der Waals surface area contributed by atoms with Crippen LogP contribution in [0.25, 0.3) is 11.3 Å². The van der Waals surface area contributed by atoms with Crippen LogP contribution in [-0.2, 0) is 6.54 Å². The number of aromatic nitrogens is 2. The second kappa shape index (κ2) is 6.23. The van der Waals surface area contributed by atoms with Gasteiger partial charge in [0.05, 0.1) is 11.9 Å². The molecule has 2 N–H and O–H groups in total. The molecule has 0 bridgehead atoms. The Kier molecular flexibility index (Phi) is 4.32. The minimum atomic E-state index is 0.0332. The van der Waals surface area contributed by atoms with Crippen molar-refractivity contribution in [1.29, 1.82) is 0 Å². The van der Waals surface area contributed by atoms with E-state index in [4.69, 9.17) is 0 Å². The Morgan fingerprint density at radius 3 is 3.05 bits per heavy atom. The lowest BCUT2D eigenvalue weighted by Gasteiger charge is -2.39. The number of piperidine rings is 1. The van der Waals surface area contributed by atoms with E-state index in [1.807, 2.05) is 6.20 Å². The second-order valence-electron chi connectivity index (χ2n) is 6.92. The average Bonchev–Trinajstić information content (AvgIpc) is 2.95. The fourth-order valence-electron chi connectivity index (χ4n) is 3.41. The zero-order valence-electron chi connectivity index (χ0n) is 13.5. The van der Waals surface area contributed by atoms with E-state index in [0.29, 0.717) is 0 Å². The van der Waals surface area contributed by atoms with E-state index in [0.717, 1.165) is 38.2 Å². The molecule has 118 valence electrons. The van der Waals surface area contributed by atoms with Crippen molar-refractivity contribution in [3.05, 3.63) is 41.6 Å². The highest BCUT2D eigenvalue weighted by atomic mass is 16.3. The zero-order valence-corrected chi connectivity index (χ0v) is 13.5. The Hall–Kier alpha value is -1.65. The largest absolute Gasteiger partial charge is 0.396 e. The van der Waals surface area contributed by atoms with Gasteiger partial charge in [-0.25, -0.2) is 0 Å². The molecule has 0 aliphatic carbocycles. The second-order valence-corrected chi connectivity index (χ2v) is 6.92. The molecule has 1 fully saturated rings. The molecule has 1 saturated heterocycles. The molecule has 3 rings (SSSR count). The van der Waals surface area contributed by atoms with E-state index in [2.05, 4.69) is 53.2 Å². The molecule has 1 unspecified atom stereocenters. The predicted octanol–water partition coefficient (Wildman–Crippen LogP) is 2.98. The normalized spacial score (nSPS) is 22.9. The fraction of sp³-hybridized carbons (Fsp3) is 0.500. The molecule has 4 heteroatoms. The number of benzene rings is 1. The number of aromatic amines is 1. The quantitative estimate of drug-likeness (QED) is 0.912. The molecule has 22 heavy (non-hydrogen) atoms. The first-order chi connectivity index (χ1) is 10.6. The first kappa shape index (κ1) is 15.3. The number of aliphatic hydroxyl groups is 1. The summed E-state index contributed by atoms with van der Waals surface area (Å²) >= 11 is 0. The summed E-state index contributed by atoms with van der Waals surface area (Å²) in [6, 6.07) is 8.50. The summed E-state index contributed by atoms with van der Waals surface area (Å²) in [4.78, 5) is 2.43. The number of aryl methyl sites for hydroxylation is 1. The Morgan fingerprint density at radius 2 is 2.27 bits per heavy atom. The minimum absolute atomic E-state index is 0.0332. The summed E-state index contributed by atoms with van der Waals surface area (Å²) in [7, 11) is 0. The first-order valence-electron chi connectivity index (χ1n) is 8.02. The first-order valence-corrected chi connectivity index (χ1v) is 8.02. The maximum atomic E-state index is 9.61. The van der Waals surface area contributed by atoms with Crippen LogP contribution in [0.5, 0.6) is 0 Å². The molecule has 1 aromatic heterocycles. The number of H-pyrrole nitrogens is 1. The third kappa shape index (κ3) is 3.23. The highest BCUT2D eigenvalue weighted by Crippen LogP contribution is 2.31. The molecule has 0 amide bonds. The Bertz CT molecular complexity index is 637. The zero-order chi connectivity index (χ0) is 15.6. The van der Waals surface area contributed by atoms with E-state index >= 15 is 0 Å². The molecule has 0 radical (unpaired) electrons. The number of hydrogen-bond donors (Lipinski definition) is 2. The molecule has 1 aliphatic heterocycles. The van der Waals surface area contributed by atoms with E-state index in [1.54, 1.807) is 0 Å². The highest BCUT2D eigenvalue weighted by Gasteiger charge is 2.30. The van der Waals surface area contributed by atoms with Crippen molar-refractivity contribution in [3.63, 3.8) is 0 Å².